The smallest absolute Gasteiger partial charge is 0.207 e. The Morgan fingerprint density at radius 1 is 1.50 bits per heavy atom. The van der Waals surface area contributed by atoms with E-state index in [-0.39, 0.29) is 0 Å². The molecule has 0 aromatic heterocycles. The number of halogens is 1. The van der Waals surface area contributed by atoms with Crippen LogP contribution in [0.5, 0.6) is 0 Å². The first-order valence-electron chi connectivity index (χ1n) is 3.65. The average molecular weight is 184 g/mol. The van der Waals surface area contributed by atoms with E-state index in [2.05, 4.69) is 5.32 Å². The van der Waals surface area contributed by atoms with E-state index in [9.17, 15) is 4.79 Å². The van der Waals surface area contributed by atoms with Crippen LogP contribution in [-0.2, 0) is 11.3 Å². The van der Waals surface area contributed by atoms with E-state index in [0.717, 1.165) is 11.1 Å². The van der Waals surface area contributed by atoms with Gasteiger partial charge in [-0.2, -0.15) is 0 Å². The molecule has 12 heavy (non-hydrogen) atoms. The van der Waals surface area contributed by atoms with Gasteiger partial charge in [0.2, 0.25) is 6.41 Å². The fourth-order valence-electron chi connectivity index (χ4n) is 1.07. The third-order valence-corrected chi connectivity index (χ3v) is 1.71. The second-order valence-corrected chi connectivity index (χ2v) is 3.07. The summed E-state index contributed by atoms with van der Waals surface area (Å²) in [6.45, 7) is 2.50. The molecule has 0 spiro atoms. The fraction of sp³-hybridized carbons (Fsp3) is 0.222. The first-order valence-corrected chi connectivity index (χ1v) is 4.03. The molecule has 0 heterocycles. The van der Waals surface area contributed by atoms with E-state index in [1.165, 1.54) is 0 Å². The zero-order chi connectivity index (χ0) is 8.97. The number of carbonyl (C=O) groups excluding carboxylic acids is 1. The lowest BCUT2D eigenvalue weighted by Gasteiger charge is -2.02. The first-order chi connectivity index (χ1) is 5.72. The highest BCUT2D eigenvalue weighted by molar-refractivity contribution is 6.30. The molecule has 1 aromatic carbocycles. The van der Waals surface area contributed by atoms with Crippen molar-refractivity contribution >= 4 is 18.0 Å². The minimum Gasteiger partial charge on any atom is -0.355 e. The predicted octanol–water partition coefficient (Wildman–Crippen LogP) is 1.89. The van der Waals surface area contributed by atoms with Crippen molar-refractivity contribution in [2.24, 2.45) is 0 Å². The predicted molar refractivity (Wildman–Crippen MR) is 49.1 cm³/mol. The molecule has 1 aromatic rings. The molecular weight excluding hydrogens is 174 g/mol. The summed E-state index contributed by atoms with van der Waals surface area (Å²) in [5.41, 5.74) is 2.12. The number of carbonyl (C=O) groups is 1. The van der Waals surface area contributed by atoms with Gasteiger partial charge in [-0.1, -0.05) is 17.7 Å². The van der Waals surface area contributed by atoms with Gasteiger partial charge in [-0.25, -0.2) is 0 Å². The molecule has 3 heteroatoms. The SMILES string of the molecule is Cc1cc(Cl)cc(CNC=O)c1. The standard InChI is InChI=1S/C9H10ClNO/c1-7-2-8(5-11-6-12)4-9(10)3-7/h2-4,6H,5H2,1H3,(H,11,12). The maximum Gasteiger partial charge on any atom is 0.207 e. The second-order valence-electron chi connectivity index (χ2n) is 2.64. The molecule has 1 rings (SSSR count). The van der Waals surface area contributed by atoms with Crippen LogP contribution >= 0.6 is 11.6 Å². The normalized spacial score (nSPS) is 9.50. The van der Waals surface area contributed by atoms with Crippen molar-refractivity contribution in [3.63, 3.8) is 0 Å². The molecule has 0 radical (unpaired) electrons. The molecule has 0 atom stereocenters. The Labute approximate surface area is 76.5 Å². The van der Waals surface area contributed by atoms with Gasteiger partial charge in [0.1, 0.15) is 0 Å². The van der Waals surface area contributed by atoms with Crippen LogP contribution in [-0.4, -0.2) is 6.41 Å². The lowest BCUT2D eigenvalue weighted by atomic mass is 10.1. The molecule has 64 valence electrons. The molecule has 0 saturated heterocycles. The van der Waals surface area contributed by atoms with Crippen molar-refractivity contribution in [1.82, 2.24) is 5.32 Å². The Morgan fingerprint density at radius 3 is 2.83 bits per heavy atom. The highest BCUT2D eigenvalue weighted by atomic mass is 35.5. The van der Waals surface area contributed by atoms with Crippen molar-refractivity contribution < 1.29 is 4.79 Å². The molecule has 0 bridgehead atoms. The molecule has 1 N–H and O–H groups in total. The molecule has 0 aliphatic heterocycles. The van der Waals surface area contributed by atoms with E-state index in [4.69, 9.17) is 11.6 Å². The number of amides is 1. The third-order valence-electron chi connectivity index (χ3n) is 1.49. The van der Waals surface area contributed by atoms with Gasteiger partial charge in [0.05, 0.1) is 0 Å². The topological polar surface area (TPSA) is 29.1 Å². The van der Waals surface area contributed by atoms with Crippen LogP contribution in [0.25, 0.3) is 0 Å². The average Bonchev–Trinajstić information content (AvgIpc) is 1.99. The third kappa shape index (κ3) is 2.55. The number of hydrogen-bond donors (Lipinski definition) is 1. The maximum absolute atomic E-state index is 10.0. The maximum atomic E-state index is 10.0. The van der Waals surface area contributed by atoms with Crippen molar-refractivity contribution in [2.45, 2.75) is 13.5 Å². The van der Waals surface area contributed by atoms with E-state index in [0.29, 0.717) is 18.0 Å². The molecule has 0 unspecified atom stereocenters. The van der Waals surface area contributed by atoms with Crippen LogP contribution in [0.2, 0.25) is 5.02 Å². The van der Waals surface area contributed by atoms with Gasteiger partial charge in [0, 0.05) is 11.6 Å². The quantitative estimate of drug-likeness (QED) is 0.713. The van der Waals surface area contributed by atoms with Crippen molar-refractivity contribution in [3.8, 4) is 0 Å². The lowest BCUT2D eigenvalue weighted by molar-refractivity contribution is -0.109. The highest BCUT2D eigenvalue weighted by Gasteiger charge is 1.95. The van der Waals surface area contributed by atoms with Crippen molar-refractivity contribution in [3.05, 3.63) is 34.3 Å². The summed E-state index contributed by atoms with van der Waals surface area (Å²) >= 11 is 5.81. The van der Waals surface area contributed by atoms with Gasteiger partial charge >= 0.3 is 0 Å². The Hall–Kier alpha value is -1.02. The van der Waals surface area contributed by atoms with E-state index >= 15 is 0 Å². The summed E-state index contributed by atoms with van der Waals surface area (Å²) < 4.78 is 0. The van der Waals surface area contributed by atoms with E-state index in [1.54, 1.807) is 0 Å². The van der Waals surface area contributed by atoms with Crippen LogP contribution in [0.3, 0.4) is 0 Å². The van der Waals surface area contributed by atoms with Gasteiger partial charge in [-0.15, -0.1) is 0 Å². The zero-order valence-corrected chi connectivity index (χ0v) is 7.56. The Bertz CT molecular complexity index is 266. The van der Waals surface area contributed by atoms with E-state index < -0.39 is 0 Å². The monoisotopic (exact) mass is 183 g/mol. The summed E-state index contributed by atoms with van der Waals surface area (Å²) in [7, 11) is 0. The van der Waals surface area contributed by atoms with Crippen LogP contribution in [0.15, 0.2) is 18.2 Å². The Morgan fingerprint density at radius 2 is 2.25 bits per heavy atom. The van der Waals surface area contributed by atoms with Crippen molar-refractivity contribution in [2.75, 3.05) is 0 Å². The highest BCUT2D eigenvalue weighted by Crippen LogP contribution is 2.13. The van der Waals surface area contributed by atoms with E-state index in [1.807, 2.05) is 25.1 Å². The summed E-state index contributed by atoms with van der Waals surface area (Å²) in [5.74, 6) is 0. The summed E-state index contributed by atoms with van der Waals surface area (Å²) in [6, 6.07) is 5.71. The van der Waals surface area contributed by atoms with Crippen LogP contribution in [0.1, 0.15) is 11.1 Å². The van der Waals surface area contributed by atoms with Gasteiger partial charge in [0.25, 0.3) is 0 Å². The molecule has 0 saturated carbocycles. The largest absolute Gasteiger partial charge is 0.355 e. The van der Waals surface area contributed by atoms with Gasteiger partial charge in [0.15, 0.2) is 0 Å². The first kappa shape index (κ1) is 9.07. The van der Waals surface area contributed by atoms with Gasteiger partial charge < -0.3 is 5.32 Å². The molecule has 0 aliphatic carbocycles. The molecule has 2 nitrogen and oxygen atoms in total. The number of benzene rings is 1. The number of aryl methyl sites for hydroxylation is 1. The summed E-state index contributed by atoms with van der Waals surface area (Å²) in [6.07, 6.45) is 0.677. The van der Waals surface area contributed by atoms with Crippen LogP contribution in [0, 0.1) is 6.92 Å². The summed E-state index contributed by atoms with van der Waals surface area (Å²) in [5, 5.41) is 3.29. The Balaban J connectivity index is 2.78. The zero-order valence-electron chi connectivity index (χ0n) is 6.80. The fourth-order valence-corrected chi connectivity index (χ4v) is 1.39. The number of rotatable bonds is 3. The number of hydrogen-bond acceptors (Lipinski definition) is 1. The minimum atomic E-state index is 0.533. The molecule has 1 amide bonds. The van der Waals surface area contributed by atoms with Crippen molar-refractivity contribution in [1.29, 1.82) is 0 Å². The molecule has 0 fully saturated rings. The molecule has 0 aliphatic rings. The van der Waals surface area contributed by atoms with Gasteiger partial charge in [-0.05, 0) is 30.2 Å². The second kappa shape index (κ2) is 4.12. The lowest BCUT2D eigenvalue weighted by Crippen LogP contribution is -2.09. The van der Waals surface area contributed by atoms with Gasteiger partial charge in [-0.3, -0.25) is 4.79 Å². The number of nitrogens with one attached hydrogen (secondary N) is 1. The van der Waals surface area contributed by atoms with Crippen LogP contribution in [0.4, 0.5) is 0 Å². The molecular formula is C9H10ClNO. The van der Waals surface area contributed by atoms with Crippen LogP contribution < -0.4 is 5.32 Å². The summed E-state index contributed by atoms with van der Waals surface area (Å²) in [4.78, 5) is 10.0. The Kier molecular flexibility index (Phi) is 3.11. The minimum absolute atomic E-state index is 0.533.